The van der Waals surface area contributed by atoms with Gasteiger partial charge in [-0.25, -0.2) is 4.79 Å². The van der Waals surface area contributed by atoms with Crippen molar-refractivity contribution >= 4 is 17.9 Å². The molecule has 0 spiro atoms. The second-order valence-electron chi connectivity index (χ2n) is 17.7. The summed E-state index contributed by atoms with van der Waals surface area (Å²) in [4.78, 5) is 37.1. The quantitative estimate of drug-likeness (QED) is 0.0282. The van der Waals surface area contributed by atoms with Crippen molar-refractivity contribution in [3.63, 3.8) is 0 Å². The third-order valence-corrected chi connectivity index (χ3v) is 11.0. The summed E-state index contributed by atoms with van der Waals surface area (Å²) in [5.74, 6) is -1.47. The fourth-order valence-electron chi connectivity index (χ4n) is 7.16. The standard InChI is InChI=1S/C52H93NO7/c1-6-8-10-12-14-16-18-20-22-24-25-27-28-30-32-34-36-38-40-42-50(54)59-47-48(46-58-45-44-49(52(56)57)53(3,4)5)60-51(55)43-41-39-37-35-33-31-29-26-23-21-19-17-15-13-11-9-7-2/h8,10,14,16,20-23,48-49H,6-7,9,11-13,15,17-19,24-47H2,1-5H3/p+1/b10-8+,16-14+,22-20+,23-21+. The molecule has 0 aliphatic heterocycles. The maximum absolute atomic E-state index is 12.8. The van der Waals surface area contributed by atoms with Gasteiger partial charge in [-0.1, -0.05) is 172 Å². The van der Waals surface area contributed by atoms with Crippen molar-refractivity contribution in [3.05, 3.63) is 48.6 Å². The Kier molecular flexibility index (Phi) is 41.0. The fraction of sp³-hybridized carbons (Fsp3) is 0.788. The molecule has 0 amide bonds. The van der Waals surface area contributed by atoms with Crippen LogP contribution in [0.4, 0.5) is 0 Å². The molecule has 0 heterocycles. The van der Waals surface area contributed by atoms with Gasteiger partial charge in [0.1, 0.15) is 6.61 Å². The molecule has 0 fully saturated rings. The lowest BCUT2D eigenvalue weighted by atomic mass is 10.1. The van der Waals surface area contributed by atoms with Crippen LogP contribution in [-0.2, 0) is 28.6 Å². The van der Waals surface area contributed by atoms with Crippen molar-refractivity contribution in [1.29, 1.82) is 0 Å². The van der Waals surface area contributed by atoms with E-state index in [4.69, 9.17) is 14.2 Å². The SMILES string of the molecule is CC/C=C/C/C=C/C/C=C/CCCCCCCCCCCC(=O)OCC(COCCC(C(=O)O)[N+](C)(C)C)OC(=O)CCCCCCCCC/C=C/CCCCCCCC. The molecule has 0 aromatic rings. The number of esters is 2. The summed E-state index contributed by atoms with van der Waals surface area (Å²) in [5, 5.41) is 9.64. The Hall–Kier alpha value is -2.71. The van der Waals surface area contributed by atoms with E-state index < -0.39 is 18.1 Å². The van der Waals surface area contributed by atoms with Gasteiger partial charge in [-0.3, -0.25) is 9.59 Å². The summed E-state index contributed by atoms with van der Waals surface area (Å²) in [6, 6.07) is -0.617. The van der Waals surface area contributed by atoms with Crippen molar-refractivity contribution in [2.45, 2.75) is 225 Å². The van der Waals surface area contributed by atoms with Crippen LogP contribution in [0.15, 0.2) is 48.6 Å². The number of rotatable bonds is 44. The Morgan fingerprint density at radius 3 is 1.40 bits per heavy atom. The van der Waals surface area contributed by atoms with Gasteiger partial charge < -0.3 is 23.8 Å². The average Bonchev–Trinajstić information content (AvgIpc) is 3.21. The minimum absolute atomic E-state index is 0.0553. The average molecular weight is 845 g/mol. The molecule has 8 nitrogen and oxygen atoms in total. The monoisotopic (exact) mass is 845 g/mol. The number of aliphatic carboxylic acids is 1. The first-order valence-electron chi connectivity index (χ1n) is 24.7. The lowest BCUT2D eigenvalue weighted by Crippen LogP contribution is -2.50. The van der Waals surface area contributed by atoms with E-state index in [9.17, 15) is 19.5 Å². The summed E-state index contributed by atoms with van der Waals surface area (Å²) in [6.45, 7) is 4.63. The first-order chi connectivity index (χ1) is 29.1. The number of carboxylic acids is 1. The molecule has 0 aliphatic carbocycles. The van der Waals surface area contributed by atoms with E-state index in [1.807, 2.05) is 21.1 Å². The first-order valence-corrected chi connectivity index (χ1v) is 24.7. The van der Waals surface area contributed by atoms with Crippen molar-refractivity contribution in [1.82, 2.24) is 0 Å². The molecule has 0 saturated heterocycles. The van der Waals surface area contributed by atoms with Crippen molar-refractivity contribution in [2.24, 2.45) is 0 Å². The topological polar surface area (TPSA) is 99.1 Å². The van der Waals surface area contributed by atoms with Crippen LogP contribution < -0.4 is 0 Å². The number of allylic oxidation sites excluding steroid dienone is 8. The molecule has 0 aliphatic rings. The minimum atomic E-state index is -0.876. The zero-order chi connectivity index (χ0) is 44.2. The highest BCUT2D eigenvalue weighted by Crippen LogP contribution is 2.15. The summed E-state index contributed by atoms with van der Waals surface area (Å²) in [6.07, 6.45) is 51.5. The van der Waals surface area contributed by atoms with E-state index in [2.05, 4.69) is 62.5 Å². The number of hydrogen-bond donors (Lipinski definition) is 1. The Labute approximate surface area is 369 Å². The normalized spacial score (nSPS) is 13.3. The lowest BCUT2D eigenvalue weighted by Gasteiger charge is -2.31. The number of hydrogen-bond acceptors (Lipinski definition) is 6. The number of quaternary nitrogens is 1. The van der Waals surface area contributed by atoms with Gasteiger partial charge in [0.25, 0.3) is 0 Å². The van der Waals surface area contributed by atoms with Gasteiger partial charge in [-0.2, -0.15) is 0 Å². The third kappa shape index (κ3) is 40.7. The number of carbonyl (C=O) groups is 3. The zero-order valence-corrected chi connectivity index (χ0v) is 39.7. The second-order valence-corrected chi connectivity index (χ2v) is 17.7. The van der Waals surface area contributed by atoms with Crippen LogP contribution in [0.2, 0.25) is 0 Å². The maximum atomic E-state index is 12.8. The predicted molar refractivity (Wildman–Crippen MR) is 252 cm³/mol. The molecule has 0 bridgehead atoms. The van der Waals surface area contributed by atoms with Crippen LogP contribution in [0.1, 0.15) is 213 Å². The van der Waals surface area contributed by atoms with Crippen LogP contribution in [0, 0.1) is 0 Å². The Bertz CT molecular complexity index is 1120. The van der Waals surface area contributed by atoms with Gasteiger partial charge in [-0.15, -0.1) is 0 Å². The molecule has 60 heavy (non-hydrogen) atoms. The third-order valence-electron chi connectivity index (χ3n) is 11.0. The predicted octanol–water partition coefficient (Wildman–Crippen LogP) is 14.0. The Morgan fingerprint density at radius 1 is 0.517 bits per heavy atom. The van der Waals surface area contributed by atoms with Crippen LogP contribution in [0.5, 0.6) is 0 Å². The molecule has 0 saturated carbocycles. The van der Waals surface area contributed by atoms with Crippen molar-refractivity contribution in [2.75, 3.05) is 41.0 Å². The number of unbranched alkanes of at least 4 members (excludes halogenated alkanes) is 22. The largest absolute Gasteiger partial charge is 0.477 e. The molecule has 2 atom stereocenters. The Morgan fingerprint density at radius 2 is 0.933 bits per heavy atom. The van der Waals surface area contributed by atoms with Crippen LogP contribution in [0.25, 0.3) is 0 Å². The number of carboxylic acid groups (broad SMARTS) is 1. The van der Waals surface area contributed by atoms with Gasteiger partial charge >= 0.3 is 17.9 Å². The maximum Gasteiger partial charge on any atom is 0.362 e. The fourth-order valence-corrected chi connectivity index (χ4v) is 7.16. The number of nitrogens with zero attached hydrogens (tertiary/aromatic N) is 1. The number of likely N-dealkylation sites (N-methyl/N-ethyl adjacent to an activating group) is 1. The van der Waals surface area contributed by atoms with E-state index in [1.54, 1.807) is 0 Å². The highest BCUT2D eigenvalue weighted by atomic mass is 16.6. The van der Waals surface area contributed by atoms with E-state index in [-0.39, 0.29) is 36.2 Å². The van der Waals surface area contributed by atoms with Crippen LogP contribution in [-0.4, -0.2) is 80.6 Å². The molecule has 0 aromatic carbocycles. The van der Waals surface area contributed by atoms with Crippen molar-refractivity contribution in [3.8, 4) is 0 Å². The molecular formula is C52H94NO7+. The van der Waals surface area contributed by atoms with Gasteiger partial charge in [0, 0.05) is 19.3 Å². The summed E-state index contributed by atoms with van der Waals surface area (Å²) >= 11 is 0. The first kappa shape index (κ1) is 57.3. The van der Waals surface area contributed by atoms with Gasteiger partial charge in [0.15, 0.2) is 12.1 Å². The summed E-state index contributed by atoms with van der Waals surface area (Å²) in [5.41, 5.74) is 0. The van der Waals surface area contributed by atoms with Gasteiger partial charge in [-0.05, 0) is 70.6 Å². The molecule has 2 unspecified atom stereocenters. The van der Waals surface area contributed by atoms with Gasteiger partial charge in [0.2, 0.25) is 0 Å². The van der Waals surface area contributed by atoms with E-state index in [0.717, 1.165) is 64.2 Å². The Balaban J connectivity index is 4.27. The molecular weight excluding hydrogens is 751 g/mol. The lowest BCUT2D eigenvalue weighted by molar-refractivity contribution is -0.887. The molecule has 1 N–H and O–H groups in total. The van der Waals surface area contributed by atoms with Crippen LogP contribution >= 0.6 is 0 Å². The van der Waals surface area contributed by atoms with E-state index in [0.29, 0.717) is 19.3 Å². The molecule has 0 radical (unpaired) electrons. The zero-order valence-electron chi connectivity index (χ0n) is 39.7. The highest BCUT2D eigenvalue weighted by molar-refractivity contribution is 5.72. The smallest absolute Gasteiger partial charge is 0.362 e. The van der Waals surface area contributed by atoms with Gasteiger partial charge in [0.05, 0.1) is 34.4 Å². The van der Waals surface area contributed by atoms with Crippen LogP contribution in [0.3, 0.4) is 0 Å². The number of carbonyl (C=O) groups excluding carboxylic acids is 2. The summed E-state index contributed by atoms with van der Waals surface area (Å²) < 4.78 is 17.3. The molecule has 0 aromatic heterocycles. The molecule has 348 valence electrons. The van der Waals surface area contributed by atoms with E-state index >= 15 is 0 Å². The molecule has 8 heteroatoms. The number of ether oxygens (including phenoxy) is 3. The summed E-state index contributed by atoms with van der Waals surface area (Å²) in [7, 11) is 5.53. The van der Waals surface area contributed by atoms with Crippen molar-refractivity contribution < 1.29 is 38.2 Å². The minimum Gasteiger partial charge on any atom is -0.477 e. The molecule has 0 rings (SSSR count). The highest BCUT2D eigenvalue weighted by Gasteiger charge is 2.31. The van der Waals surface area contributed by atoms with E-state index in [1.165, 1.54) is 116 Å². The second kappa shape index (κ2) is 43.0.